The number of likely N-dealkylation sites (tertiary alicyclic amines) is 1. The van der Waals surface area contributed by atoms with Gasteiger partial charge in [-0.15, -0.1) is 13.2 Å². The number of nitrogens with zero attached hydrogens (tertiary/aromatic N) is 3. The fourth-order valence-corrected chi connectivity index (χ4v) is 4.37. The van der Waals surface area contributed by atoms with E-state index in [-0.39, 0.29) is 16.6 Å². The van der Waals surface area contributed by atoms with Gasteiger partial charge in [-0.25, -0.2) is 9.18 Å². The third-order valence-corrected chi connectivity index (χ3v) is 5.93. The highest BCUT2D eigenvalue weighted by atomic mass is 35.5. The van der Waals surface area contributed by atoms with Crippen molar-refractivity contribution in [1.29, 1.82) is 0 Å². The number of rotatable bonds is 5. The summed E-state index contributed by atoms with van der Waals surface area (Å²) in [5.74, 6) is -1.92. The van der Waals surface area contributed by atoms with Crippen LogP contribution in [0.2, 0.25) is 5.02 Å². The predicted octanol–water partition coefficient (Wildman–Crippen LogP) is 5.74. The number of carbonyl (C=O) groups is 1. The molecular formula is C23H20ClF4N3O3. The van der Waals surface area contributed by atoms with Crippen molar-refractivity contribution in [1.82, 2.24) is 14.7 Å². The third kappa shape index (κ3) is 4.68. The van der Waals surface area contributed by atoms with Gasteiger partial charge in [-0.2, -0.15) is 5.10 Å². The van der Waals surface area contributed by atoms with E-state index < -0.39 is 23.9 Å². The highest BCUT2D eigenvalue weighted by Gasteiger charge is 2.32. The van der Waals surface area contributed by atoms with E-state index in [4.69, 9.17) is 11.6 Å². The molecule has 1 aliphatic heterocycles. The van der Waals surface area contributed by atoms with E-state index in [2.05, 4.69) is 21.2 Å². The first-order chi connectivity index (χ1) is 16.0. The Balaban J connectivity index is 1.59. The maximum Gasteiger partial charge on any atom is 0.573 e. The Morgan fingerprint density at radius 1 is 1.24 bits per heavy atom. The maximum absolute atomic E-state index is 14.6. The fraction of sp³-hybridized carbons (Fsp3) is 0.304. The highest BCUT2D eigenvalue weighted by molar-refractivity contribution is 6.30. The van der Waals surface area contributed by atoms with Gasteiger partial charge < -0.3 is 14.4 Å². The van der Waals surface area contributed by atoms with Gasteiger partial charge in [-0.05, 0) is 37.6 Å². The molecule has 11 heteroatoms. The molecule has 1 saturated heterocycles. The van der Waals surface area contributed by atoms with Gasteiger partial charge in [0.1, 0.15) is 11.6 Å². The average Bonchev–Trinajstić information content (AvgIpc) is 3.35. The summed E-state index contributed by atoms with van der Waals surface area (Å²) < 4.78 is 62.8. The van der Waals surface area contributed by atoms with E-state index in [1.165, 1.54) is 31.4 Å². The van der Waals surface area contributed by atoms with Gasteiger partial charge in [0, 0.05) is 40.8 Å². The predicted molar refractivity (Wildman–Crippen MR) is 118 cm³/mol. The molecule has 2 aromatic carbocycles. The summed E-state index contributed by atoms with van der Waals surface area (Å²) in [5.41, 5.74) is 1.86. The largest absolute Gasteiger partial charge is 0.573 e. The van der Waals surface area contributed by atoms with Crippen LogP contribution < -0.4 is 4.74 Å². The number of alkyl halides is 3. The lowest BCUT2D eigenvalue weighted by molar-refractivity contribution is -0.274. The van der Waals surface area contributed by atoms with Crippen LogP contribution in [0.15, 0.2) is 36.9 Å². The Morgan fingerprint density at radius 3 is 2.65 bits per heavy atom. The van der Waals surface area contributed by atoms with Crippen molar-refractivity contribution in [3.05, 3.63) is 64.6 Å². The number of halogens is 5. The topological polar surface area (TPSA) is 56.6 Å². The van der Waals surface area contributed by atoms with E-state index >= 15 is 0 Å². The van der Waals surface area contributed by atoms with Crippen LogP contribution in [-0.2, 0) is 4.74 Å². The van der Waals surface area contributed by atoms with Gasteiger partial charge in [0.05, 0.1) is 29.9 Å². The third-order valence-electron chi connectivity index (χ3n) is 5.71. The molecule has 1 aromatic heterocycles. The van der Waals surface area contributed by atoms with Crippen molar-refractivity contribution < 1.29 is 31.8 Å². The molecule has 0 amide bonds. The fourth-order valence-electron chi connectivity index (χ4n) is 4.15. The second-order valence-electron chi connectivity index (χ2n) is 7.93. The molecule has 6 nitrogen and oxygen atoms in total. The molecule has 3 aromatic rings. The van der Waals surface area contributed by atoms with Gasteiger partial charge in [-0.3, -0.25) is 4.68 Å². The number of esters is 1. The molecule has 180 valence electrons. The molecule has 0 aliphatic carbocycles. The first-order valence-electron chi connectivity index (χ1n) is 10.2. The lowest BCUT2D eigenvalue weighted by atomic mass is 10.1. The second-order valence-corrected chi connectivity index (χ2v) is 8.37. The van der Waals surface area contributed by atoms with Crippen LogP contribution >= 0.6 is 11.6 Å². The molecule has 2 heterocycles. The number of fused-ring (bicyclic) bond motifs is 1. The Morgan fingerprint density at radius 2 is 1.97 bits per heavy atom. The molecule has 1 atom stereocenters. The Hall–Kier alpha value is -3.27. The number of ether oxygens (including phenoxy) is 2. The summed E-state index contributed by atoms with van der Waals surface area (Å²) in [6, 6.07) is 6.35. The van der Waals surface area contributed by atoms with Gasteiger partial charge >= 0.3 is 12.3 Å². The van der Waals surface area contributed by atoms with Gasteiger partial charge in [0.2, 0.25) is 0 Å². The van der Waals surface area contributed by atoms with Crippen molar-refractivity contribution in [2.45, 2.75) is 25.7 Å². The summed E-state index contributed by atoms with van der Waals surface area (Å²) in [4.78, 5) is 13.7. The normalized spacial score (nSPS) is 16.2. The first kappa shape index (κ1) is 23.9. The minimum absolute atomic E-state index is 0.0826. The van der Waals surface area contributed by atoms with Crippen LogP contribution in [0.5, 0.6) is 5.75 Å². The maximum atomic E-state index is 14.6. The highest BCUT2D eigenvalue weighted by Crippen LogP contribution is 2.35. The number of aryl methyl sites for hydroxylation is 1. The molecule has 4 rings (SSSR count). The Bertz CT molecular complexity index is 1290. The standard InChI is InChI=1S/C23H20ClF4N3O3/c1-12-18-9-19(22(32)33-3)20(25)10-21(18)31(29-12)16-4-5-30(11-16)13(2)14-6-15(24)8-17(7-14)34-23(26,27)28/h6-10,16H,2,4-5,11H2,1,3H3/t16-/m1/s1. The molecule has 0 saturated carbocycles. The molecule has 1 fully saturated rings. The molecule has 0 radical (unpaired) electrons. The van der Waals surface area contributed by atoms with Crippen LogP contribution in [0.4, 0.5) is 17.6 Å². The van der Waals surface area contributed by atoms with Crippen LogP contribution in [0, 0.1) is 12.7 Å². The van der Waals surface area contributed by atoms with E-state index in [0.29, 0.717) is 47.4 Å². The number of benzene rings is 2. The van der Waals surface area contributed by atoms with Crippen molar-refractivity contribution >= 4 is 34.2 Å². The number of methoxy groups -OCH3 is 1. The van der Waals surface area contributed by atoms with E-state index in [0.717, 1.165) is 6.07 Å². The Kier molecular flexibility index (Phi) is 6.20. The molecular weight excluding hydrogens is 478 g/mol. The van der Waals surface area contributed by atoms with Crippen LogP contribution in [0.1, 0.15) is 34.1 Å². The van der Waals surface area contributed by atoms with E-state index in [1.54, 1.807) is 11.6 Å². The number of hydrogen-bond acceptors (Lipinski definition) is 5. The molecule has 0 unspecified atom stereocenters. The SMILES string of the molecule is C=C(c1cc(Cl)cc(OC(F)(F)F)c1)N1CC[C@@H](n2nc(C)c3cc(C(=O)OC)c(F)cc32)C1. The van der Waals surface area contributed by atoms with Crippen LogP contribution in [-0.4, -0.2) is 47.2 Å². The second kappa shape index (κ2) is 8.83. The summed E-state index contributed by atoms with van der Waals surface area (Å²) >= 11 is 5.99. The average molecular weight is 498 g/mol. The van der Waals surface area contributed by atoms with Crippen molar-refractivity contribution in [3.8, 4) is 5.75 Å². The summed E-state index contributed by atoms with van der Waals surface area (Å²) in [5, 5.41) is 5.26. The molecule has 0 spiro atoms. The van der Waals surface area contributed by atoms with Crippen LogP contribution in [0.25, 0.3) is 16.6 Å². The van der Waals surface area contributed by atoms with E-state index in [1.807, 2.05) is 4.90 Å². The van der Waals surface area contributed by atoms with Crippen LogP contribution in [0.3, 0.4) is 0 Å². The lowest BCUT2D eigenvalue weighted by Gasteiger charge is -2.22. The van der Waals surface area contributed by atoms with Crippen molar-refractivity contribution in [2.24, 2.45) is 0 Å². The number of aromatic nitrogens is 2. The van der Waals surface area contributed by atoms with Crippen molar-refractivity contribution in [3.63, 3.8) is 0 Å². The molecule has 0 N–H and O–H groups in total. The first-order valence-corrected chi connectivity index (χ1v) is 10.6. The molecule has 1 aliphatic rings. The Labute approximate surface area is 197 Å². The van der Waals surface area contributed by atoms with Crippen molar-refractivity contribution in [2.75, 3.05) is 20.2 Å². The summed E-state index contributed by atoms with van der Waals surface area (Å²) in [6.07, 6.45) is -4.20. The monoisotopic (exact) mass is 497 g/mol. The number of hydrogen-bond donors (Lipinski definition) is 0. The smallest absolute Gasteiger partial charge is 0.465 e. The van der Waals surface area contributed by atoms with E-state index in [9.17, 15) is 22.4 Å². The van der Waals surface area contributed by atoms with Gasteiger partial charge in [0.25, 0.3) is 0 Å². The summed E-state index contributed by atoms with van der Waals surface area (Å²) in [6.45, 7) is 6.78. The zero-order chi connectivity index (χ0) is 24.8. The quantitative estimate of drug-likeness (QED) is 0.332. The zero-order valence-electron chi connectivity index (χ0n) is 18.2. The van der Waals surface area contributed by atoms with Gasteiger partial charge in [-0.1, -0.05) is 18.2 Å². The minimum atomic E-state index is -4.84. The molecule has 0 bridgehead atoms. The zero-order valence-corrected chi connectivity index (χ0v) is 19.0. The lowest BCUT2D eigenvalue weighted by Crippen LogP contribution is -2.21. The van der Waals surface area contributed by atoms with Gasteiger partial charge in [0.15, 0.2) is 0 Å². The molecule has 34 heavy (non-hydrogen) atoms. The minimum Gasteiger partial charge on any atom is -0.465 e. The summed E-state index contributed by atoms with van der Waals surface area (Å²) in [7, 11) is 1.18. The number of carbonyl (C=O) groups excluding carboxylic acids is 1.